The lowest BCUT2D eigenvalue weighted by Gasteiger charge is -2.09. The Hall–Kier alpha value is -1.03. The van der Waals surface area contributed by atoms with E-state index in [9.17, 15) is 18.5 Å². The van der Waals surface area contributed by atoms with Crippen molar-refractivity contribution >= 4 is 31.6 Å². The number of sulfonamides is 1. The van der Waals surface area contributed by atoms with Crippen LogP contribution in [0.5, 0.6) is 0 Å². The van der Waals surface area contributed by atoms with Crippen LogP contribution < -0.4 is 4.72 Å². The van der Waals surface area contributed by atoms with Crippen LogP contribution >= 0.6 is 15.9 Å². The lowest BCUT2D eigenvalue weighted by atomic mass is 10.2. The van der Waals surface area contributed by atoms with E-state index in [2.05, 4.69) is 20.7 Å². The van der Waals surface area contributed by atoms with Crippen molar-refractivity contribution in [1.82, 2.24) is 4.72 Å². The molecule has 0 unspecified atom stereocenters. The summed E-state index contributed by atoms with van der Waals surface area (Å²) in [5, 5.41) is 10.9. The number of benzene rings is 1. The molecular formula is C12H17BrN2O5S. The summed E-state index contributed by atoms with van der Waals surface area (Å²) in [6, 6.07) is 3.77. The molecule has 0 aliphatic heterocycles. The fraction of sp³-hybridized carbons (Fsp3) is 0.500. The fourth-order valence-corrected chi connectivity index (χ4v) is 3.22. The molecule has 0 aliphatic rings. The summed E-state index contributed by atoms with van der Waals surface area (Å²) in [6.07, 6.45) is 0. The van der Waals surface area contributed by atoms with Gasteiger partial charge in [-0.15, -0.1) is 0 Å². The molecule has 7 nitrogen and oxygen atoms in total. The summed E-state index contributed by atoms with van der Waals surface area (Å²) < 4.78 is 32.2. The highest BCUT2D eigenvalue weighted by molar-refractivity contribution is 9.10. The van der Waals surface area contributed by atoms with Crippen LogP contribution in [0.25, 0.3) is 0 Å². The monoisotopic (exact) mass is 380 g/mol. The molecule has 0 fully saturated rings. The van der Waals surface area contributed by atoms with Gasteiger partial charge >= 0.3 is 0 Å². The zero-order chi connectivity index (χ0) is 16.0. The molecule has 21 heavy (non-hydrogen) atoms. The minimum absolute atomic E-state index is 0.0543. The molecule has 118 valence electrons. The number of hydrogen-bond donors (Lipinski definition) is 1. The van der Waals surface area contributed by atoms with Crippen LogP contribution in [0, 0.1) is 16.0 Å². The largest absolute Gasteiger partial charge is 0.380 e. The maximum Gasteiger partial charge on any atom is 0.289 e. The van der Waals surface area contributed by atoms with Crippen molar-refractivity contribution in [2.45, 2.75) is 18.7 Å². The van der Waals surface area contributed by atoms with E-state index in [-0.39, 0.29) is 18.0 Å². The van der Waals surface area contributed by atoms with E-state index in [1.54, 1.807) is 0 Å². The molecule has 0 spiro atoms. The van der Waals surface area contributed by atoms with Gasteiger partial charge in [0.2, 0.25) is 10.0 Å². The van der Waals surface area contributed by atoms with E-state index < -0.39 is 20.6 Å². The molecule has 1 aromatic carbocycles. The average Bonchev–Trinajstić information content (AvgIpc) is 2.37. The molecule has 9 heteroatoms. The van der Waals surface area contributed by atoms with Gasteiger partial charge in [0.05, 0.1) is 11.5 Å². The first-order chi connectivity index (χ1) is 9.74. The SMILES string of the molecule is CC(C)COCCNS(=O)(=O)c1cc(Br)ccc1[N+](=O)[O-]. The summed E-state index contributed by atoms with van der Waals surface area (Å²) in [6.45, 7) is 4.75. The molecule has 0 aromatic heterocycles. The van der Waals surface area contributed by atoms with Gasteiger partial charge in [0.25, 0.3) is 5.69 Å². The lowest BCUT2D eigenvalue weighted by molar-refractivity contribution is -0.387. The van der Waals surface area contributed by atoms with Gasteiger partial charge in [-0.05, 0) is 18.1 Å². The second-order valence-corrected chi connectivity index (χ2v) is 7.39. The molecular weight excluding hydrogens is 364 g/mol. The molecule has 1 rings (SSSR count). The summed E-state index contributed by atoms with van der Waals surface area (Å²) >= 11 is 3.11. The Morgan fingerprint density at radius 2 is 2.10 bits per heavy atom. The number of hydrogen-bond acceptors (Lipinski definition) is 5. The van der Waals surface area contributed by atoms with Crippen LogP contribution in [0.15, 0.2) is 27.6 Å². The lowest BCUT2D eigenvalue weighted by Crippen LogP contribution is -2.28. The predicted molar refractivity (Wildman–Crippen MR) is 81.6 cm³/mol. The smallest absolute Gasteiger partial charge is 0.289 e. The van der Waals surface area contributed by atoms with E-state index in [0.29, 0.717) is 17.0 Å². The molecule has 1 aromatic rings. The number of nitrogens with zero attached hydrogens (tertiary/aromatic N) is 1. The van der Waals surface area contributed by atoms with Gasteiger partial charge in [-0.1, -0.05) is 29.8 Å². The highest BCUT2D eigenvalue weighted by Crippen LogP contribution is 2.26. The van der Waals surface area contributed by atoms with Gasteiger partial charge in [0.1, 0.15) is 0 Å². The topological polar surface area (TPSA) is 98.5 Å². The van der Waals surface area contributed by atoms with Crippen LogP contribution in [-0.2, 0) is 14.8 Å². The molecule has 1 N–H and O–H groups in total. The van der Waals surface area contributed by atoms with Crippen molar-refractivity contribution in [1.29, 1.82) is 0 Å². The maximum atomic E-state index is 12.1. The highest BCUT2D eigenvalue weighted by atomic mass is 79.9. The van der Waals surface area contributed by atoms with Gasteiger partial charge < -0.3 is 4.74 Å². The van der Waals surface area contributed by atoms with Crippen molar-refractivity contribution in [2.24, 2.45) is 5.92 Å². The van der Waals surface area contributed by atoms with Crippen LogP contribution in [0.3, 0.4) is 0 Å². The minimum atomic E-state index is -3.96. The standard InChI is InChI=1S/C12H17BrN2O5S/c1-9(2)8-20-6-5-14-21(18,19)12-7-10(13)3-4-11(12)15(16)17/h3-4,7,9,14H,5-6,8H2,1-2H3. The first-order valence-electron chi connectivity index (χ1n) is 6.25. The van der Waals surface area contributed by atoms with Crippen LogP contribution in [-0.4, -0.2) is 33.1 Å². The number of rotatable bonds is 8. The third kappa shape index (κ3) is 5.70. The molecule has 0 heterocycles. The second kappa shape index (κ2) is 7.83. The molecule has 0 atom stereocenters. The number of nitro benzene ring substituents is 1. The van der Waals surface area contributed by atoms with Crippen molar-refractivity contribution in [3.63, 3.8) is 0 Å². The Kier molecular flexibility index (Phi) is 6.72. The molecule has 0 amide bonds. The van der Waals surface area contributed by atoms with Gasteiger partial charge in [0.15, 0.2) is 4.90 Å². The molecule has 0 bridgehead atoms. The minimum Gasteiger partial charge on any atom is -0.380 e. The maximum absolute atomic E-state index is 12.1. The Morgan fingerprint density at radius 1 is 1.43 bits per heavy atom. The van der Waals surface area contributed by atoms with Crippen LogP contribution in [0.2, 0.25) is 0 Å². The zero-order valence-electron chi connectivity index (χ0n) is 11.7. The number of ether oxygens (including phenoxy) is 1. The van der Waals surface area contributed by atoms with Crippen molar-refractivity contribution in [3.05, 3.63) is 32.8 Å². The fourth-order valence-electron chi connectivity index (χ4n) is 1.50. The Balaban J connectivity index is 2.79. The van der Waals surface area contributed by atoms with Gasteiger partial charge in [0, 0.05) is 23.7 Å². The summed E-state index contributed by atoms with van der Waals surface area (Å²) in [5.74, 6) is 0.354. The Bertz CT molecular complexity index is 604. The van der Waals surface area contributed by atoms with E-state index in [1.807, 2.05) is 13.8 Å². The highest BCUT2D eigenvalue weighted by Gasteiger charge is 2.25. The van der Waals surface area contributed by atoms with Gasteiger partial charge in [-0.2, -0.15) is 0 Å². The molecule has 0 saturated carbocycles. The Morgan fingerprint density at radius 3 is 2.67 bits per heavy atom. The summed E-state index contributed by atoms with van der Waals surface area (Å²) in [7, 11) is -3.96. The second-order valence-electron chi connectivity index (χ2n) is 4.74. The number of nitro groups is 1. The molecule has 0 saturated heterocycles. The number of halogens is 1. The quantitative estimate of drug-likeness (QED) is 0.423. The van der Waals surface area contributed by atoms with Crippen molar-refractivity contribution in [3.8, 4) is 0 Å². The number of nitrogens with one attached hydrogen (secondary N) is 1. The first kappa shape index (κ1) is 18.0. The molecule has 0 radical (unpaired) electrons. The predicted octanol–water partition coefficient (Wildman–Crippen LogP) is 2.31. The van der Waals surface area contributed by atoms with E-state index in [4.69, 9.17) is 4.74 Å². The first-order valence-corrected chi connectivity index (χ1v) is 8.53. The third-order valence-corrected chi connectivity index (χ3v) is 4.38. The van der Waals surface area contributed by atoms with Crippen molar-refractivity contribution in [2.75, 3.05) is 19.8 Å². The van der Waals surface area contributed by atoms with E-state index in [0.717, 1.165) is 6.07 Å². The van der Waals surface area contributed by atoms with Gasteiger partial charge in [-0.3, -0.25) is 10.1 Å². The zero-order valence-corrected chi connectivity index (χ0v) is 14.1. The van der Waals surface area contributed by atoms with Crippen molar-refractivity contribution < 1.29 is 18.1 Å². The van der Waals surface area contributed by atoms with E-state index >= 15 is 0 Å². The normalized spacial score (nSPS) is 11.8. The van der Waals surface area contributed by atoms with E-state index in [1.165, 1.54) is 12.1 Å². The average molecular weight is 381 g/mol. The molecule has 0 aliphatic carbocycles. The third-order valence-electron chi connectivity index (χ3n) is 2.40. The summed E-state index contributed by atoms with van der Waals surface area (Å²) in [4.78, 5) is 9.81. The summed E-state index contributed by atoms with van der Waals surface area (Å²) in [5.41, 5.74) is -0.464. The van der Waals surface area contributed by atoms with Crippen LogP contribution in [0.1, 0.15) is 13.8 Å². The van der Waals surface area contributed by atoms with Gasteiger partial charge in [-0.25, -0.2) is 13.1 Å². The van der Waals surface area contributed by atoms with Crippen LogP contribution in [0.4, 0.5) is 5.69 Å². The Labute approximate surface area is 132 Å².